The van der Waals surface area contributed by atoms with Crippen molar-refractivity contribution in [1.29, 1.82) is 0 Å². The summed E-state index contributed by atoms with van der Waals surface area (Å²) in [6.07, 6.45) is -3.62. The molecule has 26 heavy (non-hydrogen) atoms. The van der Waals surface area contributed by atoms with Gasteiger partial charge in [0, 0.05) is 25.2 Å². The number of amides is 1. The molecule has 0 aliphatic carbocycles. The molecular weight excluding hydrogens is 394 g/mol. The van der Waals surface area contributed by atoms with Crippen LogP contribution in [0.15, 0.2) is 30.5 Å². The summed E-state index contributed by atoms with van der Waals surface area (Å²) >= 11 is 11.8. The van der Waals surface area contributed by atoms with Crippen molar-refractivity contribution in [2.24, 2.45) is 0 Å². The quantitative estimate of drug-likeness (QED) is 0.721. The number of carbonyl (C=O) groups excluding carboxylic acids is 1. The molecular formula is C16H12Cl2F3N3O2. The zero-order chi connectivity index (χ0) is 18.9. The Kier molecular flexibility index (Phi) is 5.24. The fourth-order valence-electron chi connectivity index (χ4n) is 2.52. The number of hydrogen-bond acceptors (Lipinski definition) is 4. The van der Waals surface area contributed by atoms with Crippen LogP contribution in [0, 0.1) is 0 Å². The monoisotopic (exact) mass is 405 g/mol. The summed E-state index contributed by atoms with van der Waals surface area (Å²) in [7, 11) is 0. The van der Waals surface area contributed by atoms with Gasteiger partial charge < -0.3 is 9.64 Å². The Morgan fingerprint density at radius 2 is 2.00 bits per heavy atom. The molecule has 1 aliphatic heterocycles. The van der Waals surface area contributed by atoms with E-state index in [-0.39, 0.29) is 40.3 Å². The van der Waals surface area contributed by atoms with E-state index in [1.165, 1.54) is 17.0 Å². The largest absolute Gasteiger partial charge is 0.472 e. The van der Waals surface area contributed by atoms with Crippen LogP contribution >= 0.6 is 23.2 Å². The smallest absolute Gasteiger partial charge is 0.417 e. The second-order valence-electron chi connectivity index (χ2n) is 5.63. The highest BCUT2D eigenvalue weighted by atomic mass is 35.5. The summed E-state index contributed by atoms with van der Waals surface area (Å²) in [4.78, 5) is 21.6. The van der Waals surface area contributed by atoms with Gasteiger partial charge in [0.2, 0.25) is 5.88 Å². The van der Waals surface area contributed by atoms with Crippen LogP contribution in [0.1, 0.15) is 22.5 Å². The topological polar surface area (TPSA) is 55.3 Å². The highest BCUT2D eigenvalue weighted by Crippen LogP contribution is 2.29. The summed E-state index contributed by atoms with van der Waals surface area (Å²) in [5.41, 5.74) is -0.803. The molecule has 0 N–H and O–H groups in total. The molecule has 138 valence electrons. The molecule has 2 aromatic rings. The average molecular weight is 406 g/mol. The van der Waals surface area contributed by atoms with Gasteiger partial charge in [-0.25, -0.2) is 9.97 Å². The predicted molar refractivity (Wildman–Crippen MR) is 88.4 cm³/mol. The first-order chi connectivity index (χ1) is 12.2. The van der Waals surface area contributed by atoms with Crippen LogP contribution in [0.4, 0.5) is 13.2 Å². The standard InChI is InChI=1S/C16H12Cl2F3N3O2/c17-11-2-3-12(18)23-14(11)15(25)24-6-5-10(8-24)26-13-4-1-9(7-22-13)16(19,20)21/h1-4,7,10H,5-6,8H2/t10-/m0/s1. The molecule has 10 heteroatoms. The SMILES string of the molecule is O=C(c1nc(Cl)ccc1Cl)N1CC[C@H](Oc2ccc(C(F)(F)F)cn2)C1. The van der Waals surface area contributed by atoms with Gasteiger partial charge in [-0.2, -0.15) is 13.2 Å². The third kappa shape index (κ3) is 4.19. The van der Waals surface area contributed by atoms with E-state index in [0.717, 1.165) is 12.1 Å². The Morgan fingerprint density at radius 3 is 2.65 bits per heavy atom. The van der Waals surface area contributed by atoms with Gasteiger partial charge in [0.1, 0.15) is 17.0 Å². The molecule has 0 saturated carbocycles. The summed E-state index contributed by atoms with van der Waals surface area (Å²) in [6.45, 7) is 0.640. The Hall–Kier alpha value is -2.06. The van der Waals surface area contributed by atoms with Crippen molar-refractivity contribution in [2.45, 2.75) is 18.7 Å². The van der Waals surface area contributed by atoms with Gasteiger partial charge >= 0.3 is 6.18 Å². The van der Waals surface area contributed by atoms with Crippen LogP contribution < -0.4 is 4.74 Å². The maximum Gasteiger partial charge on any atom is 0.417 e. The van der Waals surface area contributed by atoms with Crippen molar-refractivity contribution in [2.75, 3.05) is 13.1 Å². The van der Waals surface area contributed by atoms with Crippen LogP contribution in [0.25, 0.3) is 0 Å². The molecule has 0 spiro atoms. The van der Waals surface area contributed by atoms with E-state index < -0.39 is 11.7 Å². The molecule has 2 aromatic heterocycles. The normalized spacial score (nSPS) is 17.4. The predicted octanol–water partition coefficient (Wildman–Crippen LogP) is 4.10. The number of hydrogen-bond donors (Lipinski definition) is 0. The lowest BCUT2D eigenvalue weighted by Crippen LogP contribution is -2.31. The number of aromatic nitrogens is 2. The minimum absolute atomic E-state index is 0.0486. The number of rotatable bonds is 3. The molecule has 3 rings (SSSR count). The van der Waals surface area contributed by atoms with E-state index in [4.69, 9.17) is 27.9 Å². The lowest BCUT2D eigenvalue weighted by atomic mass is 10.3. The van der Waals surface area contributed by atoms with Crippen LogP contribution in [0.5, 0.6) is 5.88 Å². The van der Waals surface area contributed by atoms with Gasteiger partial charge in [-0.1, -0.05) is 23.2 Å². The van der Waals surface area contributed by atoms with E-state index in [2.05, 4.69) is 9.97 Å². The van der Waals surface area contributed by atoms with Crippen LogP contribution in [-0.4, -0.2) is 40.0 Å². The van der Waals surface area contributed by atoms with Crippen molar-refractivity contribution in [3.8, 4) is 5.88 Å². The number of likely N-dealkylation sites (tertiary alicyclic amines) is 1. The van der Waals surface area contributed by atoms with Gasteiger partial charge in [0.15, 0.2) is 0 Å². The molecule has 0 unspecified atom stereocenters. The summed E-state index contributed by atoms with van der Waals surface area (Å²) in [5, 5.41) is 0.340. The molecule has 0 aromatic carbocycles. The van der Waals surface area contributed by atoms with Gasteiger partial charge in [-0.15, -0.1) is 0 Å². The molecule has 1 aliphatic rings. The van der Waals surface area contributed by atoms with Crippen molar-refractivity contribution in [3.05, 3.63) is 51.9 Å². The van der Waals surface area contributed by atoms with Gasteiger partial charge in [0.05, 0.1) is 17.1 Å². The van der Waals surface area contributed by atoms with Crippen LogP contribution in [0.2, 0.25) is 10.2 Å². The minimum Gasteiger partial charge on any atom is -0.472 e. The molecule has 1 fully saturated rings. The lowest BCUT2D eigenvalue weighted by molar-refractivity contribution is -0.137. The first kappa shape index (κ1) is 18.7. The van der Waals surface area contributed by atoms with Gasteiger partial charge in [-0.3, -0.25) is 4.79 Å². The maximum atomic E-state index is 12.5. The van der Waals surface area contributed by atoms with E-state index in [9.17, 15) is 18.0 Å². The van der Waals surface area contributed by atoms with Crippen LogP contribution in [0.3, 0.4) is 0 Å². The Labute approximate surface area is 156 Å². The highest BCUT2D eigenvalue weighted by Gasteiger charge is 2.32. The maximum absolute atomic E-state index is 12.5. The number of carbonyl (C=O) groups is 1. The van der Waals surface area contributed by atoms with Crippen molar-refractivity contribution in [1.82, 2.24) is 14.9 Å². The summed E-state index contributed by atoms with van der Waals surface area (Å²) in [5.74, 6) is -0.319. The molecule has 0 bridgehead atoms. The number of ether oxygens (including phenoxy) is 1. The first-order valence-corrected chi connectivity index (χ1v) is 8.31. The summed E-state index contributed by atoms with van der Waals surface area (Å²) in [6, 6.07) is 5.02. The lowest BCUT2D eigenvalue weighted by Gasteiger charge is -2.17. The zero-order valence-corrected chi connectivity index (χ0v) is 14.6. The van der Waals surface area contributed by atoms with E-state index >= 15 is 0 Å². The molecule has 3 heterocycles. The molecule has 1 amide bonds. The Morgan fingerprint density at radius 1 is 1.23 bits per heavy atom. The number of halogens is 5. The van der Waals surface area contributed by atoms with Crippen molar-refractivity contribution < 1.29 is 22.7 Å². The van der Waals surface area contributed by atoms with Gasteiger partial charge in [-0.05, 0) is 18.2 Å². The molecule has 0 radical (unpaired) electrons. The van der Waals surface area contributed by atoms with Gasteiger partial charge in [0.25, 0.3) is 5.91 Å². The third-order valence-electron chi connectivity index (χ3n) is 3.80. The van der Waals surface area contributed by atoms with Crippen molar-refractivity contribution in [3.63, 3.8) is 0 Å². The second kappa shape index (κ2) is 7.28. The van der Waals surface area contributed by atoms with E-state index in [1.807, 2.05) is 0 Å². The van der Waals surface area contributed by atoms with Crippen molar-refractivity contribution >= 4 is 29.1 Å². The molecule has 1 atom stereocenters. The van der Waals surface area contributed by atoms with Crippen LogP contribution in [-0.2, 0) is 6.18 Å². The molecule has 5 nitrogen and oxygen atoms in total. The zero-order valence-electron chi connectivity index (χ0n) is 13.1. The van der Waals surface area contributed by atoms with E-state index in [1.54, 1.807) is 0 Å². The number of nitrogens with zero attached hydrogens (tertiary/aromatic N) is 3. The third-order valence-corrected chi connectivity index (χ3v) is 4.31. The Balaban J connectivity index is 1.63. The minimum atomic E-state index is -4.45. The number of pyridine rings is 2. The number of alkyl halides is 3. The highest BCUT2D eigenvalue weighted by molar-refractivity contribution is 6.34. The second-order valence-corrected chi connectivity index (χ2v) is 6.42. The average Bonchev–Trinajstić information content (AvgIpc) is 3.04. The fraction of sp³-hybridized carbons (Fsp3) is 0.312. The van der Waals surface area contributed by atoms with E-state index in [0.29, 0.717) is 19.2 Å². The Bertz CT molecular complexity index is 815. The molecule has 1 saturated heterocycles. The fourth-order valence-corrected chi connectivity index (χ4v) is 2.85. The summed E-state index contributed by atoms with van der Waals surface area (Å²) < 4.78 is 43.2. The first-order valence-electron chi connectivity index (χ1n) is 7.55.